The van der Waals surface area contributed by atoms with Gasteiger partial charge in [-0.1, -0.05) is 43.1 Å². The van der Waals surface area contributed by atoms with Gasteiger partial charge in [0, 0.05) is 14.1 Å². The van der Waals surface area contributed by atoms with E-state index in [-0.39, 0.29) is 0 Å². The second-order valence-corrected chi connectivity index (χ2v) is 7.53. The van der Waals surface area contributed by atoms with E-state index in [1.807, 2.05) is 19.9 Å². The molecule has 2 N–H and O–H groups in total. The van der Waals surface area contributed by atoms with Crippen LogP contribution < -0.4 is 15.0 Å². The minimum absolute atomic E-state index is 0.370. The number of amides is 2. The summed E-state index contributed by atoms with van der Waals surface area (Å²) in [6.07, 6.45) is -1.53. The zero-order valence-corrected chi connectivity index (χ0v) is 18.9. The van der Waals surface area contributed by atoms with Crippen LogP contribution in [0.15, 0.2) is 30.3 Å². The molecule has 0 aliphatic heterocycles. The van der Waals surface area contributed by atoms with Gasteiger partial charge in [0.2, 0.25) is 0 Å². The van der Waals surface area contributed by atoms with Gasteiger partial charge in [-0.3, -0.25) is 4.90 Å². The maximum absolute atomic E-state index is 11.0. The molecule has 0 bridgehead atoms. The summed E-state index contributed by atoms with van der Waals surface area (Å²) in [6, 6.07) is 8.97. The van der Waals surface area contributed by atoms with E-state index in [4.69, 9.17) is 33.0 Å². The maximum Gasteiger partial charge on any atom is 0.412 e. The van der Waals surface area contributed by atoms with Crippen molar-refractivity contribution < 1.29 is 19.4 Å². The van der Waals surface area contributed by atoms with Crippen molar-refractivity contribution >= 4 is 41.1 Å². The van der Waals surface area contributed by atoms with Crippen LogP contribution in [-0.4, -0.2) is 31.4 Å². The molecule has 2 amide bonds. The van der Waals surface area contributed by atoms with Crippen LogP contribution in [0.5, 0.6) is 5.75 Å². The van der Waals surface area contributed by atoms with Crippen LogP contribution in [0.3, 0.4) is 0 Å². The molecule has 158 valence electrons. The Morgan fingerprint density at radius 1 is 1.07 bits per heavy atom. The molecule has 2 rings (SSSR count). The van der Waals surface area contributed by atoms with E-state index >= 15 is 0 Å². The molecule has 0 radical (unpaired) electrons. The standard InChI is InChI=1S/C11H14ClNO2.C10H12ClNO2/c1-7(2)8-4-5-9(12)10(6-8)15-11(14)13-3;1-6-4-8(11)9(5-7(6)2)12(3)10(13)14/h4-7H,1-3H3,(H,13,14);4-5H,1-3H3,(H,13,14). The third kappa shape index (κ3) is 7.15. The molecule has 0 aliphatic rings. The van der Waals surface area contributed by atoms with Crippen molar-refractivity contribution in [2.24, 2.45) is 0 Å². The van der Waals surface area contributed by atoms with Gasteiger partial charge in [0.05, 0.1) is 15.7 Å². The average molecular weight is 441 g/mol. The predicted molar refractivity (Wildman–Crippen MR) is 118 cm³/mol. The monoisotopic (exact) mass is 440 g/mol. The number of nitrogens with one attached hydrogen (secondary N) is 1. The van der Waals surface area contributed by atoms with Crippen molar-refractivity contribution in [2.45, 2.75) is 33.6 Å². The highest BCUT2D eigenvalue weighted by molar-refractivity contribution is 6.33. The second-order valence-electron chi connectivity index (χ2n) is 6.71. The third-order valence-corrected chi connectivity index (χ3v) is 4.86. The third-order valence-electron chi connectivity index (χ3n) is 4.24. The lowest BCUT2D eigenvalue weighted by Crippen LogP contribution is -2.24. The quantitative estimate of drug-likeness (QED) is 0.590. The van der Waals surface area contributed by atoms with Gasteiger partial charge in [0.15, 0.2) is 5.75 Å². The molecule has 2 aromatic rings. The highest BCUT2D eigenvalue weighted by Crippen LogP contribution is 2.29. The fourth-order valence-corrected chi connectivity index (χ4v) is 2.74. The summed E-state index contributed by atoms with van der Waals surface area (Å²) >= 11 is 11.8. The number of hydrogen-bond donors (Lipinski definition) is 2. The largest absolute Gasteiger partial charge is 0.465 e. The lowest BCUT2D eigenvalue weighted by molar-refractivity contribution is 0.202. The Bertz CT molecular complexity index is 885. The van der Waals surface area contributed by atoms with Gasteiger partial charge >= 0.3 is 12.2 Å². The molecule has 29 heavy (non-hydrogen) atoms. The number of carbonyl (C=O) groups is 2. The van der Waals surface area contributed by atoms with Crippen LogP contribution in [-0.2, 0) is 0 Å². The first-order valence-corrected chi connectivity index (χ1v) is 9.65. The molecule has 2 aromatic carbocycles. The predicted octanol–water partition coefficient (Wildman–Crippen LogP) is 6.25. The molecule has 0 atom stereocenters. The molecule has 0 fully saturated rings. The fourth-order valence-electron chi connectivity index (χ4n) is 2.23. The van der Waals surface area contributed by atoms with Gasteiger partial charge in [0.25, 0.3) is 0 Å². The molecular formula is C21H26Cl2N2O4. The van der Waals surface area contributed by atoms with Gasteiger partial charge < -0.3 is 15.2 Å². The molecule has 0 aromatic heterocycles. The van der Waals surface area contributed by atoms with E-state index in [1.54, 1.807) is 24.3 Å². The van der Waals surface area contributed by atoms with Crippen LogP contribution in [0.1, 0.15) is 36.5 Å². The number of hydrogen-bond acceptors (Lipinski definition) is 3. The molecule has 0 aliphatic carbocycles. The normalized spacial score (nSPS) is 10.1. The Kier molecular flexibility index (Phi) is 9.27. The zero-order valence-electron chi connectivity index (χ0n) is 17.3. The van der Waals surface area contributed by atoms with Gasteiger partial charge in [0.1, 0.15) is 0 Å². The van der Waals surface area contributed by atoms with E-state index in [2.05, 4.69) is 19.2 Å². The molecular weight excluding hydrogens is 415 g/mol. The van der Waals surface area contributed by atoms with E-state index in [9.17, 15) is 9.59 Å². The highest BCUT2D eigenvalue weighted by Gasteiger charge is 2.13. The Morgan fingerprint density at radius 3 is 2.17 bits per heavy atom. The summed E-state index contributed by atoms with van der Waals surface area (Å²) in [5, 5.41) is 12.0. The van der Waals surface area contributed by atoms with Crippen LogP contribution in [0.25, 0.3) is 0 Å². The highest BCUT2D eigenvalue weighted by atomic mass is 35.5. The first-order chi connectivity index (χ1) is 13.5. The number of aryl methyl sites for hydroxylation is 2. The van der Waals surface area contributed by atoms with Crippen LogP contribution in [0.4, 0.5) is 15.3 Å². The maximum atomic E-state index is 11.0. The smallest absolute Gasteiger partial charge is 0.412 e. The average Bonchev–Trinajstić information content (AvgIpc) is 2.66. The number of carboxylic acid groups (broad SMARTS) is 1. The minimum Gasteiger partial charge on any atom is -0.465 e. The van der Waals surface area contributed by atoms with E-state index in [0.29, 0.717) is 27.4 Å². The Balaban J connectivity index is 0.000000291. The van der Waals surface area contributed by atoms with Crippen LogP contribution in [0, 0.1) is 13.8 Å². The Morgan fingerprint density at radius 2 is 1.66 bits per heavy atom. The van der Waals surface area contributed by atoms with E-state index in [1.165, 1.54) is 14.1 Å². The fraction of sp³-hybridized carbons (Fsp3) is 0.333. The molecule has 8 heteroatoms. The Hall–Kier alpha value is -2.44. The van der Waals surface area contributed by atoms with E-state index in [0.717, 1.165) is 21.6 Å². The first-order valence-electron chi connectivity index (χ1n) is 8.90. The van der Waals surface area contributed by atoms with Crippen molar-refractivity contribution in [3.8, 4) is 5.75 Å². The van der Waals surface area contributed by atoms with Gasteiger partial charge in [-0.2, -0.15) is 0 Å². The van der Waals surface area contributed by atoms with Gasteiger partial charge in [-0.15, -0.1) is 0 Å². The molecule has 0 saturated carbocycles. The van der Waals surface area contributed by atoms with Crippen molar-refractivity contribution in [1.29, 1.82) is 0 Å². The van der Waals surface area contributed by atoms with Crippen LogP contribution in [0.2, 0.25) is 10.0 Å². The number of carbonyl (C=O) groups excluding carboxylic acids is 1. The first kappa shape index (κ1) is 24.6. The summed E-state index contributed by atoms with van der Waals surface area (Å²) in [4.78, 5) is 22.8. The van der Waals surface area contributed by atoms with Crippen molar-refractivity contribution in [1.82, 2.24) is 5.32 Å². The summed E-state index contributed by atoms with van der Waals surface area (Å²) in [5.74, 6) is 0.761. The lowest BCUT2D eigenvalue weighted by Gasteiger charge is -2.16. The molecule has 0 saturated heterocycles. The van der Waals surface area contributed by atoms with Crippen molar-refractivity contribution in [3.05, 3.63) is 57.1 Å². The lowest BCUT2D eigenvalue weighted by atomic mass is 10.0. The van der Waals surface area contributed by atoms with Gasteiger partial charge in [-0.05, 0) is 60.7 Å². The summed E-state index contributed by atoms with van der Waals surface area (Å²) in [5.41, 5.74) is 3.68. The number of ether oxygens (including phenoxy) is 1. The van der Waals surface area contributed by atoms with E-state index < -0.39 is 12.2 Å². The number of anilines is 1. The zero-order chi connectivity index (χ0) is 22.3. The summed E-state index contributed by atoms with van der Waals surface area (Å²) in [7, 11) is 2.97. The van der Waals surface area contributed by atoms with Crippen molar-refractivity contribution in [2.75, 3.05) is 19.0 Å². The second kappa shape index (κ2) is 10.9. The molecule has 0 spiro atoms. The number of benzene rings is 2. The number of halogens is 2. The van der Waals surface area contributed by atoms with Crippen LogP contribution >= 0.6 is 23.2 Å². The molecule has 6 nitrogen and oxygen atoms in total. The summed E-state index contributed by atoms with van der Waals surface area (Å²) < 4.78 is 5.00. The Labute approximate surface area is 181 Å². The van der Waals surface area contributed by atoms with Crippen molar-refractivity contribution in [3.63, 3.8) is 0 Å². The number of nitrogens with zero attached hydrogens (tertiary/aromatic N) is 1. The number of rotatable bonds is 3. The SMILES string of the molecule is CNC(=O)Oc1cc(C(C)C)ccc1Cl.Cc1cc(Cl)c(N(C)C(=O)O)cc1C. The minimum atomic E-state index is -1.02. The molecule has 0 heterocycles. The molecule has 0 unspecified atom stereocenters. The van der Waals surface area contributed by atoms with Gasteiger partial charge in [-0.25, -0.2) is 9.59 Å². The topological polar surface area (TPSA) is 78.9 Å². The summed E-state index contributed by atoms with van der Waals surface area (Å²) in [6.45, 7) is 7.98.